The molecule has 0 saturated carbocycles. The van der Waals surface area contributed by atoms with Gasteiger partial charge in [-0.2, -0.15) is 0 Å². The monoisotopic (exact) mass is 563 g/mol. The van der Waals surface area contributed by atoms with E-state index in [1.54, 1.807) is 22.7 Å². The van der Waals surface area contributed by atoms with Gasteiger partial charge in [0.05, 0.1) is 31.9 Å². The maximum Gasteiger partial charge on any atom is 0.252 e. The maximum atomic E-state index is 13.2. The van der Waals surface area contributed by atoms with Crippen LogP contribution in [-0.2, 0) is 0 Å². The molecule has 6 rings (SSSR count). The third-order valence-corrected chi connectivity index (χ3v) is 9.17. The first-order valence-corrected chi connectivity index (χ1v) is 14.3. The van der Waals surface area contributed by atoms with Gasteiger partial charge in [-0.1, -0.05) is 47.7 Å². The number of pyridine rings is 1. The van der Waals surface area contributed by atoms with Gasteiger partial charge in [-0.15, -0.1) is 23.7 Å². The number of carbonyl (C=O) groups is 1. The average molecular weight is 564 g/mol. The minimum absolute atomic E-state index is 0. The third-order valence-electron chi connectivity index (χ3n) is 7.02. The number of fused-ring (bicyclic) bond motifs is 2. The first-order chi connectivity index (χ1) is 18.1. The Morgan fingerprint density at radius 2 is 1.76 bits per heavy atom. The van der Waals surface area contributed by atoms with E-state index in [9.17, 15) is 4.79 Å². The number of nitrogens with zero attached hydrogens (tertiary/aromatic N) is 4. The molecule has 3 aromatic heterocycles. The highest BCUT2D eigenvalue weighted by molar-refractivity contribution is 7.22. The summed E-state index contributed by atoms with van der Waals surface area (Å²) >= 11 is 3.43. The fourth-order valence-electron chi connectivity index (χ4n) is 4.88. The first kappa shape index (κ1) is 26.6. The number of piperazine rings is 1. The summed E-state index contributed by atoms with van der Waals surface area (Å²) in [6.07, 6.45) is 0. The van der Waals surface area contributed by atoms with Crippen molar-refractivity contribution in [3.63, 3.8) is 0 Å². The molecule has 9 heteroatoms. The second-order valence-electron chi connectivity index (χ2n) is 9.51. The van der Waals surface area contributed by atoms with Crippen LogP contribution in [0.3, 0.4) is 0 Å². The molecule has 1 aliphatic heterocycles. The average Bonchev–Trinajstić information content (AvgIpc) is 3.62. The number of hydrogen-bond donors (Lipinski definition) is 1. The van der Waals surface area contributed by atoms with E-state index in [2.05, 4.69) is 41.1 Å². The summed E-state index contributed by atoms with van der Waals surface area (Å²) in [4.78, 5) is 28.9. The fourth-order valence-corrected chi connectivity index (χ4v) is 6.73. The largest absolute Gasteiger partial charge is 0.351 e. The van der Waals surface area contributed by atoms with E-state index in [0.717, 1.165) is 64.8 Å². The van der Waals surface area contributed by atoms with Crippen molar-refractivity contribution in [1.82, 2.24) is 20.2 Å². The number of hydrogen-bond acceptors (Lipinski definition) is 7. The van der Waals surface area contributed by atoms with Crippen LogP contribution in [0.4, 0.5) is 5.13 Å². The van der Waals surface area contributed by atoms with Crippen LogP contribution in [0.25, 0.3) is 31.7 Å². The Balaban J connectivity index is 0.00000294. The third kappa shape index (κ3) is 5.27. The highest BCUT2D eigenvalue weighted by Crippen LogP contribution is 2.33. The van der Waals surface area contributed by atoms with Crippen LogP contribution in [0.15, 0.2) is 60.0 Å². The summed E-state index contributed by atoms with van der Waals surface area (Å²) in [6.45, 7) is 9.57. The standard InChI is InChI=1S/C29H29N5OS2.ClH/c1-19-9-10-20(2)27-26(19)32-29(37-27)34-15-13-33(14-16-34)12-11-30-28(35)22-18-24(25-8-5-17-36-25)31-23-7-4-3-6-21(22)23;/h3-10,17-18H,11-16H2,1-2H3,(H,30,35);1H. The number of aryl methyl sites for hydroxylation is 2. The Bertz CT molecular complexity index is 1540. The van der Waals surface area contributed by atoms with Crippen LogP contribution in [-0.4, -0.2) is 60.0 Å². The molecule has 1 fully saturated rings. The molecule has 1 aliphatic rings. The quantitative estimate of drug-likeness (QED) is 0.268. The van der Waals surface area contributed by atoms with Gasteiger partial charge < -0.3 is 10.2 Å². The van der Waals surface area contributed by atoms with E-state index in [1.165, 1.54) is 15.8 Å². The molecule has 1 saturated heterocycles. The van der Waals surface area contributed by atoms with Crippen molar-refractivity contribution < 1.29 is 4.79 Å². The Kier molecular flexibility index (Phi) is 7.95. The molecule has 4 heterocycles. The molecule has 1 N–H and O–H groups in total. The normalized spacial score (nSPS) is 14.1. The van der Waals surface area contributed by atoms with Gasteiger partial charge in [0.2, 0.25) is 0 Å². The molecule has 1 amide bonds. The molecule has 0 radical (unpaired) electrons. The molecular formula is C29H30ClN5OS2. The van der Waals surface area contributed by atoms with Crippen molar-refractivity contribution in [2.24, 2.45) is 0 Å². The Morgan fingerprint density at radius 1 is 0.974 bits per heavy atom. The van der Waals surface area contributed by atoms with Gasteiger partial charge in [0.15, 0.2) is 5.13 Å². The highest BCUT2D eigenvalue weighted by Gasteiger charge is 2.21. The number of carbonyl (C=O) groups excluding carboxylic acids is 1. The Hall–Kier alpha value is -3.04. The summed E-state index contributed by atoms with van der Waals surface area (Å²) in [7, 11) is 0. The van der Waals surface area contributed by atoms with Gasteiger partial charge in [0, 0.05) is 44.7 Å². The van der Waals surface area contributed by atoms with E-state index in [4.69, 9.17) is 9.97 Å². The zero-order chi connectivity index (χ0) is 25.4. The Morgan fingerprint density at radius 3 is 2.53 bits per heavy atom. The number of anilines is 1. The number of para-hydroxylation sites is 1. The van der Waals surface area contributed by atoms with Gasteiger partial charge in [0.1, 0.15) is 0 Å². The number of rotatable bonds is 6. The Labute approximate surface area is 236 Å². The van der Waals surface area contributed by atoms with Crippen molar-refractivity contribution in [3.05, 3.63) is 76.7 Å². The summed E-state index contributed by atoms with van der Waals surface area (Å²) in [5.41, 5.74) is 6.03. The van der Waals surface area contributed by atoms with Crippen molar-refractivity contribution in [2.75, 3.05) is 44.2 Å². The van der Waals surface area contributed by atoms with Gasteiger partial charge in [-0.05, 0) is 48.6 Å². The van der Waals surface area contributed by atoms with Crippen LogP contribution < -0.4 is 10.2 Å². The topological polar surface area (TPSA) is 61.4 Å². The number of benzene rings is 2. The molecule has 6 nitrogen and oxygen atoms in total. The smallest absolute Gasteiger partial charge is 0.252 e. The van der Waals surface area contributed by atoms with E-state index in [1.807, 2.05) is 47.8 Å². The minimum atomic E-state index is -0.0461. The van der Waals surface area contributed by atoms with Crippen molar-refractivity contribution in [3.8, 4) is 10.6 Å². The lowest BCUT2D eigenvalue weighted by atomic mass is 10.1. The lowest BCUT2D eigenvalue weighted by Crippen LogP contribution is -2.48. The van der Waals surface area contributed by atoms with Crippen LogP contribution in [0, 0.1) is 13.8 Å². The molecule has 38 heavy (non-hydrogen) atoms. The van der Waals surface area contributed by atoms with E-state index in [-0.39, 0.29) is 18.3 Å². The van der Waals surface area contributed by atoms with E-state index in [0.29, 0.717) is 12.1 Å². The lowest BCUT2D eigenvalue weighted by Gasteiger charge is -2.34. The summed E-state index contributed by atoms with van der Waals surface area (Å²) < 4.78 is 1.30. The summed E-state index contributed by atoms with van der Waals surface area (Å²) in [6, 6.07) is 18.2. The molecule has 0 unspecified atom stereocenters. The number of amides is 1. The predicted octanol–water partition coefficient (Wildman–Crippen LogP) is 6.16. The molecular weight excluding hydrogens is 534 g/mol. The number of halogens is 1. The second kappa shape index (κ2) is 11.4. The van der Waals surface area contributed by atoms with Crippen LogP contribution >= 0.6 is 35.1 Å². The van der Waals surface area contributed by atoms with E-state index >= 15 is 0 Å². The van der Waals surface area contributed by atoms with Crippen molar-refractivity contribution in [2.45, 2.75) is 13.8 Å². The SMILES string of the molecule is Cc1ccc(C)c2sc(N3CCN(CCNC(=O)c4cc(-c5cccs5)nc5ccccc45)CC3)nc12.Cl. The molecule has 2 aromatic carbocycles. The van der Waals surface area contributed by atoms with Gasteiger partial charge in [0.25, 0.3) is 5.91 Å². The summed E-state index contributed by atoms with van der Waals surface area (Å²) in [5.74, 6) is -0.0461. The number of nitrogens with one attached hydrogen (secondary N) is 1. The van der Waals surface area contributed by atoms with Gasteiger partial charge >= 0.3 is 0 Å². The van der Waals surface area contributed by atoms with Crippen molar-refractivity contribution in [1.29, 1.82) is 0 Å². The molecule has 0 spiro atoms. The van der Waals surface area contributed by atoms with Gasteiger partial charge in [-0.3, -0.25) is 9.69 Å². The zero-order valence-electron chi connectivity index (χ0n) is 21.4. The number of thiophene rings is 1. The molecule has 5 aromatic rings. The van der Waals surface area contributed by atoms with Crippen molar-refractivity contribution >= 4 is 67.2 Å². The lowest BCUT2D eigenvalue weighted by molar-refractivity contribution is 0.0949. The van der Waals surface area contributed by atoms with Gasteiger partial charge in [-0.25, -0.2) is 9.97 Å². The van der Waals surface area contributed by atoms with Crippen LogP contribution in [0.5, 0.6) is 0 Å². The van der Waals surface area contributed by atoms with E-state index < -0.39 is 0 Å². The minimum Gasteiger partial charge on any atom is -0.351 e. The zero-order valence-corrected chi connectivity index (χ0v) is 23.9. The molecule has 0 bridgehead atoms. The first-order valence-electron chi connectivity index (χ1n) is 12.6. The number of aromatic nitrogens is 2. The summed E-state index contributed by atoms with van der Waals surface area (Å²) in [5, 5.41) is 7.19. The highest BCUT2D eigenvalue weighted by atomic mass is 35.5. The molecule has 0 atom stereocenters. The molecule has 0 aliphatic carbocycles. The van der Waals surface area contributed by atoms with Crippen LogP contribution in [0.1, 0.15) is 21.5 Å². The number of thiazole rings is 1. The predicted molar refractivity (Wildman–Crippen MR) is 162 cm³/mol. The van der Waals surface area contributed by atoms with Crippen LogP contribution in [0.2, 0.25) is 0 Å². The molecule has 196 valence electrons. The fraction of sp³-hybridized carbons (Fsp3) is 0.276. The second-order valence-corrected chi connectivity index (χ2v) is 11.4. The maximum absolute atomic E-state index is 13.2.